The second-order valence-corrected chi connectivity index (χ2v) is 6.55. The number of hydrogen-bond donors (Lipinski definition) is 2. The fourth-order valence-electron chi connectivity index (χ4n) is 3.24. The number of nitrogens with zero attached hydrogens (tertiary/aromatic N) is 4. The van der Waals surface area contributed by atoms with Crippen LogP contribution in [0.3, 0.4) is 0 Å². The summed E-state index contributed by atoms with van der Waals surface area (Å²) in [7, 11) is 1.66. The Morgan fingerprint density at radius 3 is 2.84 bits per heavy atom. The first-order valence-electron chi connectivity index (χ1n) is 8.60. The number of hydrogen-bond acceptors (Lipinski definition) is 6. The molecule has 3 heterocycles. The number of aromatic amines is 1. The van der Waals surface area contributed by atoms with Crippen molar-refractivity contribution in [2.24, 2.45) is 5.92 Å². The molecule has 3 aromatic rings. The van der Waals surface area contributed by atoms with Gasteiger partial charge in [-0.3, -0.25) is 5.10 Å². The van der Waals surface area contributed by atoms with Crippen molar-refractivity contribution in [2.75, 3.05) is 30.4 Å². The third-order valence-electron chi connectivity index (χ3n) is 4.59. The lowest BCUT2D eigenvalue weighted by Gasteiger charge is -2.31. The Labute approximate surface area is 146 Å². The number of nitrogens with one attached hydrogen (secondary N) is 2. The Morgan fingerprint density at radius 1 is 1.24 bits per heavy atom. The Hall–Kier alpha value is -2.83. The number of fused-ring (bicyclic) bond motifs is 1. The molecule has 0 bridgehead atoms. The summed E-state index contributed by atoms with van der Waals surface area (Å²) in [5, 5.41) is 11.4. The molecule has 4 rings (SSSR count). The van der Waals surface area contributed by atoms with E-state index in [2.05, 4.69) is 32.3 Å². The van der Waals surface area contributed by atoms with Gasteiger partial charge in [0.1, 0.15) is 11.6 Å². The molecule has 1 aliphatic heterocycles. The maximum atomic E-state index is 5.21. The van der Waals surface area contributed by atoms with Crippen molar-refractivity contribution in [1.82, 2.24) is 20.2 Å². The van der Waals surface area contributed by atoms with Gasteiger partial charge in [-0.2, -0.15) is 15.1 Å². The Morgan fingerprint density at radius 2 is 2.08 bits per heavy atom. The third kappa shape index (κ3) is 3.22. The zero-order valence-electron chi connectivity index (χ0n) is 14.5. The van der Waals surface area contributed by atoms with Crippen LogP contribution in [0.5, 0.6) is 5.75 Å². The van der Waals surface area contributed by atoms with Crippen molar-refractivity contribution in [3.8, 4) is 5.75 Å². The van der Waals surface area contributed by atoms with Crippen LogP contribution in [-0.2, 0) is 0 Å². The molecular formula is C18H22N6O. The predicted octanol–water partition coefficient (Wildman–Crippen LogP) is 3.34. The highest BCUT2D eigenvalue weighted by Gasteiger charge is 2.20. The minimum Gasteiger partial charge on any atom is -0.497 e. The van der Waals surface area contributed by atoms with Crippen LogP contribution in [0.2, 0.25) is 0 Å². The summed E-state index contributed by atoms with van der Waals surface area (Å²) in [6, 6.07) is 7.78. The highest BCUT2D eigenvalue weighted by Crippen LogP contribution is 2.28. The molecule has 2 aromatic heterocycles. The van der Waals surface area contributed by atoms with E-state index in [0.717, 1.165) is 47.3 Å². The molecule has 7 heteroatoms. The minimum atomic E-state index is 0.660. The lowest BCUT2D eigenvalue weighted by atomic mass is 10.0. The second kappa shape index (κ2) is 6.58. The van der Waals surface area contributed by atoms with E-state index in [4.69, 9.17) is 9.72 Å². The van der Waals surface area contributed by atoms with E-state index in [1.54, 1.807) is 13.3 Å². The van der Waals surface area contributed by atoms with Gasteiger partial charge in [0, 0.05) is 18.8 Å². The maximum Gasteiger partial charge on any atom is 0.229 e. The van der Waals surface area contributed by atoms with Gasteiger partial charge in [-0.25, -0.2) is 0 Å². The highest BCUT2D eigenvalue weighted by atomic mass is 16.5. The number of aromatic nitrogens is 4. The fourth-order valence-corrected chi connectivity index (χ4v) is 3.24. The number of rotatable bonds is 4. The fraction of sp³-hybridized carbons (Fsp3) is 0.389. The van der Waals surface area contributed by atoms with E-state index in [1.807, 2.05) is 24.3 Å². The van der Waals surface area contributed by atoms with E-state index in [9.17, 15) is 0 Å². The molecule has 0 radical (unpaired) electrons. The summed E-state index contributed by atoms with van der Waals surface area (Å²) in [5.41, 5.74) is 1.69. The van der Waals surface area contributed by atoms with E-state index in [0.29, 0.717) is 5.92 Å². The molecule has 1 aromatic carbocycles. The summed E-state index contributed by atoms with van der Waals surface area (Å²) in [6.45, 7) is 4.25. The number of anilines is 3. The van der Waals surface area contributed by atoms with Crippen molar-refractivity contribution in [1.29, 1.82) is 0 Å². The van der Waals surface area contributed by atoms with Gasteiger partial charge in [-0.05, 0) is 43.0 Å². The van der Waals surface area contributed by atoms with Gasteiger partial charge in [0.25, 0.3) is 0 Å². The number of methoxy groups -OCH3 is 1. The van der Waals surface area contributed by atoms with Crippen molar-refractivity contribution in [3.05, 3.63) is 30.5 Å². The first-order valence-corrected chi connectivity index (χ1v) is 8.60. The SMILES string of the molecule is COc1ccc(Nc2nc(N3CCC[C@@H](C)C3)nc3[nH]ncc23)cc1. The molecule has 1 aliphatic rings. The Kier molecular flexibility index (Phi) is 4.13. The first-order chi connectivity index (χ1) is 12.2. The van der Waals surface area contributed by atoms with Crippen molar-refractivity contribution in [2.45, 2.75) is 19.8 Å². The lowest BCUT2D eigenvalue weighted by Crippen LogP contribution is -2.35. The lowest BCUT2D eigenvalue weighted by molar-refractivity contribution is 0.415. The average Bonchev–Trinajstić information content (AvgIpc) is 3.11. The maximum absolute atomic E-state index is 5.21. The molecule has 0 aliphatic carbocycles. The molecule has 130 valence electrons. The monoisotopic (exact) mass is 338 g/mol. The van der Waals surface area contributed by atoms with Gasteiger partial charge in [0.2, 0.25) is 5.95 Å². The van der Waals surface area contributed by atoms with Crippen LogP contribution < -0.4 is 15.0 Å². The largest absolute Gasteiger partial charge is 0.497 e. The predicted molar refractivity (Wildman–Crippen MR) is 98.6 cm³/mol. The minimum absolute atomic E-state index is 0.660. The standard InChI is InChI=1S/C18H22N6O/c1-12-4-3-9-24(11-12)18-21-16(15-10-19-23-17(15)22-18)20-13-5-7-14(25-2)8-6-13/h5-8,10,12H,3-4,9,11H2,1-2H3,(H2,19,20,21,22,23)/t12-/m1/s1. The number of ether oxygens (including phenoxy) is 1. The zero-order valence-corrected chi connectivity index (χ0v) is 14.5. The Balaban J connectivity index is 1.67. The van der Waals surface area contributed by atoms with Crippen molar-refractivity contribution in [3.63, 3.8) is 0 Å². The molecule has 1 atom stereocenters. The van der Waals surface area contributed by atoms with Crippen LogP contribution in [0.1, 0.15) is 19.8 Å². The van der Waals surface area contributed by atoms with Crippen molar-refractivity contribution < 1.29 is 4.74 Å². The van der Waals surface area contributed by atoms with E-state index in [1.165, 1.54) is 12.8 Å². The summed E-state index contributed by atoms with van der Waals surface area (Å²) >= 11 is 0. The zero-order chi connectivity index (χ0) is 17.2. The smallest absolute Gasteiger partial charge is 0.229 e. The summed E-state index contributed by atoms with van der Waals surface area (Å²) < 4.78 is 5.21. The highest BCUT2D eigenvalue weighted by molar-refractivity contribution is 5.89. The van der Waals surface area contributed by atoms with Crippen LogP contribution in [0.25, 0.3) is 11.0 Å². The first kappa shape index (κ1) is 15.7. The summed E-state index contributed by atoms with van der Waals surface area (Å²) in [5.74, 6) is 2.99. The average molecular weight is 338 g/mol. The van der Waals surface area contributed by atoms with Gasteiger partial charge >= 0.3 is 0 Å². The molecule has 0 saturated carbocycles. The molecule has 2 N–H and O–H groups in total. The van der Waals surface area contributed by atoms with Crippen LogP contribution in [0.15, 0.2) is 30.5 Å². The van der Waals surface area contributed by atoms with Gasteiger partial charge in [0.15, 0.2) is 5.65 Å². The van der Waals surface area contributed by atoms with E-state index in [-0.39, 0.29) is 0 Å². The molecule has 7 nitrogen and oxygen atoms in total. The van der Waals surface area contributed by atoms with Gasteiger partial charge in [0.05, 0.1) is 18.7 Å². The third-order valence-corrected chi connectivity index (χ3v) is 4.59. The molecule has 0 unspecified atom stereocenters. The number of benzene rings is 1. The van der Waals surface area contributed by atoms with Gasteiger partial charge in [-0.15, -0.1) is 0 Å². The second-order valence-electron chi connectivity index (χ2n) is 6.55. The number of piperidine rings is 1. The van der Waals surface area contributed by atoms with E-state index >= 15 is 0 Å². The molecular weight excluding hydrogens is 316 g/mol. The topological polar surface area (TPSA) is 79.0 Å². The number of H-pyrrole nitrogens is 1. The summed E-state index contributed by atoms with van der Waals surface area (Å²) in [6.07, 6.45) is 4.19. The normalized spacial score (nSPS) is 17.7. The molecule has 0 spiro atoms. The van der Waals surface area contributed by atoms with Crippen LogP contribution in [0.4, 0.5) is 17.5 Å². The summed E-state index contributed by atoms with van der Waals surface area (Å²) in [4.78, 5) is 11.7. The molecule has 0 amide bonds. The molecule has 25 heavy (non-hydrogen) atoms. The Bertz CT molecular complexity index is 860. The van der Waals surface area contributed by atoms with E-state index < -0.39 is 0 Å². The molecule has 1 saturated heterocycles. The van der Waals surface area contributed by atoms with Crippen molar-refractivity contribution >= 4 is 28.5 Å². The van der Waals surface area contributed by atoms with Crippen LogP contribution in [-0.4, -0.2) is 40.4 Å². The van der Waals surface area contributed by atoms with Crippen LogP contribution >= 0.6 is 0 Å². The molecule has 1 fully saturated rings. The van der Waals surface area contributed by atoms with Gasteiger partial charge < -0.3 is 15.0 Å². The van der Waals surface area contributed by atoms with Crippen LogP contribution in [0, 0.1) is 5.92 Å². The van der Waals surface area contributed by atoms with Gasteiger partial charge in [-0.1, -0.05) is 6.92 Å². The quantitative estimate of drug-likeness (QED) is 0.759.